The number of methoxy groups -OCH3 is 1. The number of halogens is 1. The van der Waals surface area contributed by atoms with Crippen LogP contribution < -0.4 is 9.47 Å². The predicted octanol–water partition coefficient (Wildman–Crippen LogP) is 3.65. The van der Waals surface area contributed by atoms with Gasteiger partial charge in [-0.25, -0.2) is 4.98 Å². The standard InChI is InChI=1S/C14H11BrN2O2/c1-18-12-4-11(8-16)5-13(6-12)19-14-3-2-10(7-15)9-17-14/h2-6,9H,7H2,1H3. The van der Waals surface area contributed by atoms with Crippen LogP contribution in [0.1, 0.15) is 11.1 Å². The van der Waals surface area contributed by atoms with Gasteiger partial charge in [0.1, 0.15) is 11.5 Å². The van der Waals surface area contributed by atoms with E-state index in [4.69, 9.17) is 14.7 Å². The topological polar surface area (TPSA) is 55.1 Å². The molecule has 0 saturated heterocycles. The maximum atomic E-state index is 8.93. The molecule has 0 aliphatic rings. The van der Waals surface area contributed by atoms with Gasteiger partial charge in [0, 0.05) is 23.7 Å². The van der Waals surface area contributed by atoms with Crippen LogP contribution in [0.15, 0.2) is 36.5 Å². The summed E-state index contributed by atoms with van der Waals surface area (Å²) in [6.07, 6.45) is 1.73. The van der Waals surface area contributed by atoms with Crippen molar-refractivity contribution in [3.63, 3.8) is 0 Å². The van der Waals surface area contributed by atoms with Gasteiger partial charge >= 0.3 is 0 Å². The Bertz CT molecular complexity index is 606. The molecule has 5 heteroatoms. The molecule has 0 radical (unpaired) electrons. The molecule has 0 bridgehead atoms. The fraction of sp³-hybridized carbons (Fsp3) is 0.143. The number of hydrogen-bond acceptors (Lipinski definition) is 4. The van der Waals surface area contributed by atoms with E-state index in [-0.39, 0.29) is 0 Å². The van der Waals surface area contributed by atoms with E-state index in [2.05, 4.69) is 27.0 Å². The van der Waals surface area contributed by atoms with E-state index < -0.39 is 0 Å². The molecular weight excluding hydrogens is 308 g/mol. The summed E-state index contributed by atoms with van der Waals surface area (Å²) in [5.41, 5.74) is 1.54. The lowest BCUT2D eigenvalue weighted by molar-refractivity contribution is 0.407. The van der Waals surface area contributed by atoms with Crippen molar-refractivity contribution in [3.8, 4) is 23.4 Å². The minimum Gasteiger partial charge on any atom is -0.497 e. The molecule has 1 heterocycles. The molecule has 2 rings (SSSR count). The number of nitriles is 1. The van der Waals surface area contributed by atoms with E-state index in [1.165, 1.54) is 0 Å². The van der Waals surface area contributed by atoms with Gasteiger partial charge in [-0.3, -0.25) is 0 Å². The maximum Gasteiger partial charge on any atom is 0.219 e. The first-order valence-electron chi connectivity index (χ1n) is 5.53. The zero-order valence-corrected chi connectivity index (χ0v) is 11.8. The van der Waals surface area contributed by atoms with Crippen LogP contribution >= 0.6 is 15.9 Å². The van der Waals surface area contributed by atoms with Gasteiger partial charge in [-0.05, 0) is 17.7 Å². The molecule has 0 saturated carbocycles. The Labute approximate surface area is 119 Å². The number of pyridine rings is 1. The average molecular weight is 319 g/mol. The van der Waals surface area contributed by atoms with Gasteiger partial charge in [-0.1, -0.05) is 22.0 Å². The summed E-state index contributed by atoms with van der Waals surface area (Å²) in [4.78, 5) is 4.18. The Morgan fingerprint density at radius 2 is 2.05 bits per heavy atom. The van der Waals surface area contributed by atoms with Crippen molar-refractivity contribution in [1.82, 2.24) is 4.98 Å². The minimum absolute atomic E-state index is 0.474. The lowest BCUT2D eigenvalue weighted by atomic mass is 10.2. The van der Waals surface area contributed by atoms with Crippen LogP contribution in [0.5, 0.6) is 17.4 Å². The van der Waals surface area contributed by atoms with Gasteiger partial charge in [0.05, 0.1) is 18.7 Å². The molecule has 0 aliphatic heterocycles. The van der Waals surface area contributed by atoms with Crippen LogP contribution in [-0.2, 0) is 5.33 Å². The first kappa shape index (κ1) is 13.4. The molecule has 0 amide bonds. The third-order valence-corrected chi connectivity index (χ3v) is 3.07. The highest BCUT2D eigenvalue weighted by molar-refractivity contribution is 9.08. The summed E-state index contributed by atoms with van der Waals surface area (Å²) in [5.74, 6) is 1.57. The molecule has 1 aromatic carbocycles. The molecule has 19 heavy (non-hydrogen) atoms. The van der Waals surface area contributed by atoms with Crippen molar-refractivity contribution in [2.24, 2.45) is 0 Å². The van der Waals surface area contributed by atoms with Gasteiger partial charge in [0.25, 0.3) is 0 Å². The molecule has 4 nitrogen and oxygen atoms in total. The number of nitrogens with zero attached hydrogens (tertiary/aromatic N) is 2. The molecule has 2 aromatic rings. The molecule has 1 aromatic heterocycles. The summed E-state index contributed by atoms with van der Waals surface area (Å²) in [5, 5.41) is 9.68. The van der Waals surface area contributed by atoms with Crippen molar-refractivity contribution in [2.75, 3.05) is 7.11 Å². The Morgan fingerprint density at radius 3 is 2.63 bits per heavy atom. The lowest BCUT2D eigenvalue weighted by Gasteiger charge is -2.07. The second-order valence-corrected chi connectivity index (χ2v) is 4.31. The smallest absolute Gasteiger partial charge is 0.219 e. The number of rotatable bonds is 4. The monoisotopic (exact) mass is 318 g/mol. The predicted molar refractivity (Wildman–Crippen MR) is 74.7 cm³/mol. The molecule has 0 atom stereocenters. The zero-order chi connectivity index (χ0) is 13.7. The molecular formula is C14H11BrN2O2. The largest absolute Gasteiger partial charge is 0.497 e. The van der Waals surface area contributed by atoms with Gasteiger partial charge in [0.15, 0.2) is 0 Å². The average Bonchev–Trinajstić information content (AvgIpc) is 2.47. The summed E-state index contributed by atoms with van der Waals surface area (Å²) >= 11 is 3.35. The van der Waals surface area contributed by atoms with Crippen LogP contribution in [-0.4, -0.2) is 12.1 Å². The van der Waals surface area contributed by atoms with Crippen molar-refractivity contribution in [2.45, 2.75) is 5.33 Å². The highest BCUT2D eigenvalue weighted by atomic mass is 79.9. The van der Waals surface area contributed by atoms with Crippen molar-refractivity contribution in [1.29, 1.82) is 5.26 Å². The summed E-state index contributed by atoms with van der Waals surface area (Å²) in [7, 11) is 1.54. The number of alkyl halides is 1. The van der Waals surface area contributed by atoms with Crippen molar-refractivity contribution >= 4 is 15.9 Å². The van der Waals surface area contributed by atoms with Gasteiger partial charge in [-0.15, -0.1) is 0 Å². The fourth-order valence-corrected chi connectivity index (χ4v) is 1.82. The van der Waals surface area contributed by atoms with Crippen LogP contribution in [0.4, 0.5) is 0 Å². The Hall–Kier alpha value is -2.06. The van der Waals surface area contributed by atoms with Crippen molar-refractivity contribution < 1.29 is 9.47 Å². The Kier molecular flexibility index (Phi) is 4.37. The van der Waals surface area contributed by atoms with E-state index in [0.717, 1.165) is 10.9 Å². The number of hydrogen-bond donors (Lipinski definition) is 0. The van der Waals surface area contributed by atoms with Gasteiger partial charge in [0.2, 0.25) is 5.88 Å². The summed E-state index contributed by atoms with van der Waals surface area (Å²) in [6.45, 7) is 0. The van der Waals surface area contributed by atoms with Crippen LogP contribution in [0.25, 0.3) is 0 Å². The molecule has 0 N–H and O–H groups in total. The van der Waals surface area contributed by atoms with Gasteiger partial charge < -0.3 is 9.47 Å². The fourth-order valence-electron chi connectivity index (χ4n) is 1.48. The van der Waals surface area contributed by atoms with Crippen molar-refractivity contribution in [3.05, 3.63) is 47.7 Å². The molecule has 0 spiro atoms. The highest BCUT2D eigenvalue weighted by Crippen LogP contribution is 2.26. The summed E-state index contributed by atoms with van der Waals surface area (Å²) < 4.78 is 10.7. The van der Waals surface area contributed by atoms with E-state index in [9.17, 15) is 0 Å². The minimum atomic E-state index is 0.474. The zero-order valence-electron chi connectivity index (χ0n) is 10.3. The molecule has 0 aliphatic carbocycles. The molecule has 0 unspecified atom stereocenters. The van der Waals surface area contributed by atoms with Crippen LogP contribution in [0, 0.1) is 11.3 Å². The van der Waals surface area contributed by atoms with Crippen LogP contribution in [0.2, 0.25) is 0 Å². The second-order valence-electron chi connectivity index (χ2n) is 3.75. The number of aromatic nitrogens is 1. The number of ether oxygens (including phenoxy) is 2. The highest BCUT2D eigenvalue weighted by Gasteiger charge is 2.04. The van der Waals surface area contributed by atoms with E-state index >= 15 is 0 Å². The molecule has 0 fully saturated rings. The normalized spacial score (nSPS) is 9.74. The first-order chi connectivity index (χ1) is 9.25. The van der Waals surface area contributed by atoms with Crippen LogP contribution in [0.3, 0.4) is 0 Å². The lowest BCUT2D eigenvalue weighted by Crippen LogP contribution is -1.91. The third kappa shape index (κ3) is 3.46. The third-order valence-electron chi connectivity index (χ3n) is 2.42. The second kappa shape index (κ2) is 6.21. The van der Waals surface area contributed by atoms with E-state index in [1.54, 1.807) is 37.6 Å². The quantitative estimate of drug-likeness (QED) is 0.807. The Balaban J connectivity index is 2.24. The summed E-state index contributed by atoms with van der Waals surface area (Å²) in [6, 6.07) is 10.8. The molecule has 96 valence electrons. The number of benzene rings is 1. The van der Waals surface area contributed by atoms with Gasteiger partial charge in [-0.2, -0.15) is 5.26 Å². The van der Waals surface area contributed by atoms with E-state index in [1.807, 2.05) is 6.07 Å². The van der Waals surface area contributed by atoms with E-state index in [0.29, 0.717) is 22.9 Å². The Morgan fingerprint density at radius 1 is 1.26 bits per heavy atom. The SMILES string of the molecule is COc1cc(C#N)cc(Oc2ccc(CBr)cn2)c1. The first-order valence-corrected chi connectivity index (χ1v) is 6.65. The maximum absolute atomic E-state index is 8.93.